The number of benzene rings is 1. The molecule has 13 heteroatoms. The number of primary amides is 1. The Morgan fingerprint density at radius 1 is 1.18 bits per heavy atom. The quantitative estimate of drug-likeness (QED) is 0.260. The molecule has 3 aromatic heterocycles. The third kappa shape index (κ3) is 4.74. The van der Waals surface area contributed by atoms with Gasteiger partial charge in [0, 0.05) is 24.8 Å². The number of hydrogen-bond acceptors (Lipinski definition) is 9. The van der Waals surface area contributed by atoms with Crippen molar-refractivity contribution >= 4 is 34.9 Å². The van der Waals surface area contributed by atoms with Gasteiger partial charge in [-0.2, -0.15) is 4.98 Å². The summed E-state index contributed by atoms with van der Waals surface area (Å²) in [5.74, 6) is 0.627. The molecule has 1 atom stereocenters. The Hall–Kier alpha value is -4.81. The monoisotopic (exact) mass is 545 g/mol. The van der Waals surface area contributed by atoms with Gasteiger partial charge in [0.2, 0.25) is 11.9 Å². The van der Waals surface area contributed by atoms with Gasteiger partial charge in [-0.05, 0) is 43.9 Å². The van der Waals surface area contributed by atoms with E-state index in [0.717, 1.165) is 37.6 Å². The summed E-state index contributed by atoms with van der Waals surface area (Å²) in [7, 11) is 1.44. The van der Waals surface area contributed by atoms with E-state index in [1.165, 1.54) is 7.11 Å². The van der Waals surface area contributed by atoms with Gasteiger partial charge in [-0.15, -0.1) is 5.10 Å². The normalized spacial score (nSPS) is 17.4. The number of hydrogen-bond donors (Lipinski definition) is 4. The summed E-state index contributed by atoms with van der Waals surface area (Å²) in [5.41, 5.74) is 7.06. The van der Waals surface area contributed by atoms with Crippen LogP contribution in [0.1, 0.15) is 48.9 Å². The van der Waals surface area contributed by atoms with Gasteiger partial charge in [-0.1, -0.05) is 12.8 Å². The standard InChI is InChI=1S/C27H31N9O4/c1-40-21-13-17(12-18(23(21)37)26(39)30-16-6-2-3-7-16)34-14-22(29-15-34)31-25-20-9-5-11-36(20)33-27(32-25)35-10-4-8-19(35)24(28)38/h5,9,11-16,19,37H,2-4,6-8,10H2,1H3,(H2,28,38)(H,30,39)(H,31,32,33)/t19-/m0/s1. The highest BCUT2D eigenvalue weighted by molar-refractivity contribution is 5.98. The summed E-state index contributed by atoms with van der Waals surface area (Å²) < 4.78 is 8.77. The van der Waals surface area contributed by atoms with Crippen LogP contribution in [0.25, 0.3) is 11.2 Å². The number of nitrogens with two attached hydrogens (primary N) is 1. The first-order valence-electron chi connectivity index (χ1n) is 13.4. The number of anilines is 3. The van der Waals surface area contributed by atoms with E-state index in [0.29, 0.717) is 36.2 Å². The van der Waals surface area contributed by atoms with Crippen LogP contribution in [0.2, 0.25) is 0 Å². The Kier molecular flexibility index (Phi) is 6.62. The number of aromatic hydroxyl groups is 1. The number of carbonyl (C=O) groups is 2. The predicted octanol–water partition coefficient (Wildman–Crippen LogP) is 2.50. The van der Waals surface area contributed by atoms with Crippen molar-refractivity contribution in [1.29, 1.82) is 0 Å². The fourth-order valence-corrected chi connectivity index (χ4v) is 5.49. The van der Waals surface area contributed by atoms with Gasteiger partial charge in [0.15, 0.2) is 17.3 Å². The molecule has 0 spiro atoms. The fraction of sp³-hybridized carbons (Fsp3) is 0.370. The molecule has 1 aromatic carbocycles. The topological polar surface area (TPSA) is 165 Å². The molecule has 5 N–H and O–H groups in total. The zero-order chi connectivity index (χ0) is 27.8. The molecule has 4 aromatic rings. The van der Waals surface area contributed by atoms with Crippen LogP contribution in [-0.2, 0) is 4.79 Å². The van der Waals surface area contributed by atoms with Gasteiger partial charge < -0.3 is 35.7 Å². The minimum Gasteiger partial charge on any atom is -0.504 e. The Labute approximate surface area is 230 Å². The van der Waals surface area contributed by atoms with Crippen LogP contribution in [0.4, 0.5) is 17.6 Å². The molecular formula is C27H31N9O4. The van der Waals surface area contributed by atoms with Crippen LogP contribution in [0.5, 0.6) is 11.5 Å². The van der Waals surface area contributed by atoms with Crippen LogP contribution in [0, 0.1) is 0 Å². The lowest BCUT2D eigenvalue weighted by molar-refractivity contribution is -0.119. The highest BCUT2D eigenvalue weighted by Crippen LogP contribution is 2.34. The van der Waals surface area contributed by atoms with Crippen LogP contribution in [0.15, 0.2) is 43.0 Å². The second-order valence-electron chi connectivity index (χ2n) is 10.1. The number of ether oxygens (including phenoxy) is 1. The number of phenolic OH excluding ortho intramolecular Hbond substituents is 1. The van der Waals surface area contributed by atoms with Gasteiger partial charge in [0.05, 0.1) is 24.6 Å². The molecule has 208 valence electrons. The third-order valence-corrected chi connectivity index (χ3v) is 7.56. The summed E-state index contributed by atoms with van der Waals surface area (Å²) in [4.78, 5) is 36.0. The van der Waals surface area contributed by atoms with Crippen LogP contribution in [-0.4, -0.2) is 66.8 Å². The number of phenols is 1. The van der Waals surface area contributed by atoms with Crippen molar-refractivity contribution in [3.8, 4) is 17.2 Å². The molecule has 6 rings (SSSR count). The summed E-state index contributed by atoms with van der Waals surface area (Å²) in [6.07, 6.45) is 10.6. The number of rotatable bonds is 8. The average molecular weight is 546 g/mol. The summed E-state index contributed by atoms with van der Waals surface area (Å²) >= 11 is 0. The van der Waals surface area contributed by atoms with E-state index in [4.69, 9.17) is 15.5 Å². The second kappa shape index (κ2) is 10.4. The molecule has 1 aliphatic heterocycles. The van der Waals surface area contributed by atoms with Gasteiger partial charge in [0.25, 0.3) is 5.91 Å². The minimum absolute atomic E-state index is 0.105. The summed E-state index contributed by atoms with van der Waals surface area (Å²) in [5, 5.41) is 21.5. The fourth-order valence-electron chi connectivity index (χ4n) is 5.49. The molecule has 1 saturated heterocycles. The van der Waals surface area contributed by atoms with Gasteiger partial charge in [-0.25, -0.2) is 9.50 Å². The van der Waals surface area contributed by atoms with Crippen molar-refractivity contribution in [1.82, 2.24) is 29.5 Å². The molecular weight excluding hydrogens is 514 g/mol. The lowest BCUT2D eigenvalue weighted by atomic mass is 10.1. The average Bonchev–Trinajstić information content (AvgIpc) is 3.76. The maximum atomic E-state index is 13.0. The van der Waals surface area contributed by atoms with E-state index in [1.807, 2.05) is 17.0 Å². The predicted molar refractivity (Wildman–Crippen MR) is 147 cm³/mol. The molecule has 13 nitrogen and oxygen atoms in total. The van der Waals surface area contributed by atoms with Crippen LogP contribution in [0.3, 0.4) is 0 Å². The number of methoxy groups -OCH3 is 1. The molecule has 4 heterocycles. The number of nitrogens with one attached hydrogen (secondary N) is 2. The number of carbonyl (C=O) groups excluding carboxylic acids is 2. The van der Waals surface area contributed by atoms with E-state index >= 15 is 0 Å². The van der Waals surface area contributed by atoms with Gasteiger partial charge in [-0.3, -0.25) is 9.59 Å². The SMILES string of the molecule is COc1cc(-n2cnc(Nc3nc(N4CCC[C@H]4C(N)=O)nn4cccc34)c2)cc(C(=O)NC2CCCC2)c1O. The first-order chi connectivity index (χ1) is 19.4. The zero-order valence-corrected chi connectivity index (χ0v) is 22.1. The smallest absolute Gasteiger partial charge is 0.255 e. The van der Waals surface area contributed by atoms with Gasteiger partial charge in [0.1, 0.15) is 23.7 Å². The number of amides is 2. The molecule has 0 radical (unpaired) electrons. The zero-order valence-electron chi connectivity index (χ0n) is 22.1. The van der Waals surface area contributed by atoms with Crippen molar-refractivity contribution < 1.29 is 19.4 Å². The van der Waals surface area contributed by atoms with Gasteiger partial charge >= 0.3 is 0 Å². The highest BCUT2D eigenvalue weighted by Gasteiger charge is 2.32. The van der Waals surface area contributed by atoms with Crippen molar-refractivity contribution in [2.45, 2.75) is 50.6 Å². The second-order valence-corrected chi connectivity index (χ2v) is 10.1. The van der Waals surface area contributed by atoms with E-state index in [9.17, 15) is 14.7 Å². The Morgan fingerprint density at radius 2 is 2.00 bits per heavy atom. The van der Waals surface area contributed by atoms with Crippen LogP contribution >= 0.6 is 0 Å². The summed E-state index contributed by atoms with van der Waals surface area (Å²) in [6, 6.07) is 6.63. The van der Waals surface area contributed by atoms with E-state index in [-0.39, 0.29) is 29.0 Å². The van der Waals surface area contributed by atoms with Crippen molar-refractivity contribution in [3.63, 3.8) is 0 Å². The Balaban J connectivity index is 1.29. The van der Waals surface area contributed by atoms with Crippen LogP contribution < -0.4 is 26.0 Å². The lowest BCUT2D eigenvalue weighted by Crippen LogP contribution is -2.41. The summed E-state index contributed by atoms with van der Waals surface area (Å²) in [6.45, 7) is 0.633. The molecule has 1 aliphatic carbocycles. The maximum absolute atomic E-state index is 13.0. The first-order valence-corrected chi connectivity index (χ1v) is 13.4. The van der Waals surface area contributed by atoms with E-state index in [1.54, 1.807) is 39.9 Å². The molecule has 0 bridgehead atoms. The molecule has 1 saturated carbocycles. The van der Waals surface area contributed by atoms with Crippen molar-refractivity contribution in [2.24, 2.45) is 5.73 Å². The molecule has 0 unspecified atom stereocenters. The first kappa shape index (κ1) is 25.5. The molecule has 40 heavy (non-hydrogen) atoms. The molecule has 2 amide bonds. The number of nitrogens with zero attached hydrogens (tertiary/aromatic N) is 6. The largest absolute Gasteiger partial charge is 0.504 e. The molecule has 2 fully saturated rings. The maximum Gasteiger partial charge on any atom is 0.255 e. The Bertz CT molecular complexity index is 1570. The number of imidazole rings is 1. The number of fused-ring (bicyclic) bond motifs is 1. The lowest BCUT2D eigenvalue weighted by Gasteiger charge is -2.22. The molecule has 2 aliphatic rings. The number of aromatic nitrogens is 5. The van der Waals surface area contributed by atoms with Crippen molar-refractivity contribution in [3.05, 3.63) is 48.5 Å². The van der Waals surface area contributed by atoms with E-state index in [2.05, 4.69) is 20.7 Å². The Morgan fingerprint density at radius 3 is 2.77 bits per heavy atom. The highest BCUT2D eigenvalue weighted by atomic mass is 16.5. The third-order valence-electron chi connectivity index (χ3n) is 7.56. The van der Waals surface area contributed by atoms with E-state index < -0.39 is 11.9 Å². The minimum atomic E-state index is -0.454. The van der Waals surface area contributed by atoms with Crippen molar-refractivity contribution in [2.75, 3.05) is 23.9 Å².